The number of hydrogen-bond donors (Lipinski definition) is 0. The minimum atomic E-state index is -0.312. The Morgan fingerprint density at radius 2 is 2.23 bits per heavy atom. The van der Waals surface area contributed by atoms with Crippen LogP contribution in [0.3, 0.4) is 0 Å². The summed E-state index contributed by atoms with van der Waals surface area (Å²) >= 11 is 0. The highest BCUT2D eigenvalue weighted by molar-refractivity contribution is 5.69. The minimum absolute atomic E-state index is 0.0712. The molecule has 1 aromatic heterocycles. The average molecular weight is 358 g/mol. The van der Waals surface area contributed by atoms with Gasteiger partial charge in [0.2, 0.25) is 0 Å². The molecule has 0 spiro atoms. The molecule has 0 N–H and O–H groups in total. The number of tetrazole rings is 1. The molecule has 1 aromatic carbocycles. The van der Waals surface area contributed by atoms with Gasteiger partial charge in [0, 0.05) is 24.1 Å². The van der Waals surface area contributed by atoms with Gasteiger partial charge in [-0.2, -0.15) is 0 Å². The van der Waals surface area contributed by atoms with Crippen molar-refractivity contribution in [2.75, 3.05) is 6.61 Å². The number of benzene rings is 1. The summed E-state index contributed by atoms with van der Waals surface area (Å²) < 4.78 is 18.5. The van der Waals surface area contributed by atoms with Gasteiger partial charge in [0.25, 0.3) is 0 Å². The molecule has 3 heterocycles. The Labute approximate surface area is 151 Å². The Balaban J connectivity index is 1.50. The van der Waals surface area contributed by atoms with Crippen LogP contribution in [0.4, 0.5) is 0 Å². The van der Waals surface area contributed by atoms with Crippen LogP contribution in [0.2, 0.25) is 0 Å². The van der Waals surface area contributed by atoms with Crippen LogP contribution in [-0.2, 0) is 20.8 Å². The molecule has 1 fully saturated rings. The van der Waals surface area contributed by atoms with E-state index in [1.807, 2.05) is 32.0 Å². The van der Waals surface area contributed by atoms with Crippen LogP contribution >= 0.6 is 0 Å². The first-order chi connectivity index (χ1) is 12.5. The Morgan fingerprint density at radius 1 is 1.38 bits per heavy atom. The third-order valence-electron chi connectivity index (χ3n) is 4.71. The van der Waals surface area contributed by atoms with Crippen molar-refractivity contribution < 1.29 is 19.0 Å². The second-order valence-corrected chi connectivity index (χ2v) is 7.07. The van der Waals surface area contributed by atoms with Crippen molar-refractivity contribution in [3.05, 3.63) is 23.8 Å². The van der Waals surface area contributed by atoms with Crippen molar-refractivity contribution in [2.45, 2.75) is 58.0 Å². The predicted molar refractivity (Wildman–Crippen MR) is 91.4 cm³/mol. The van der Waals surface area contributed by atoms with Crippen LogP contribution < -0.4 is 4.74 Å². The summed E-state index contributed by atoms with van der Waals surface area (Å²) in [7, 11) is 0. The molecule has 8 heteroatoms. The molecular formula is C18H22N4O4. The zero-order valence-corrected chi connectivity index (χ0v) is 15.1. The Morgan fingerprint density at radius 3 is 3.04 bits per heavy atom. The summed E-state index contributed by atoms with van der Waals surface area (Å²) in [6.45, 7) is 6.82. The molecule has 4 rings (SSSR count). The van der Waals surface area contributed by atoms with E-state index >= 15 is 0 Å². The first-order valence-corrected chi connectivity index (χ1v) is 8.90. The highest BCUT2D eigenvalue weighted by Crippen LogP contribution is 2.54. The lowest BCUT2D eigenvalue weighted by Crippen LogP contribution is -2.37. The number of ether oxygens (including phenoxy) is 3. The lowest BCUT2D eigenvalue weighted by molar-refractivity contribution is -0.143. The molecule has 0 bridgehead atoms. The van der Waals surface area contributed by atoms with Crippen LogP contribution in [-0.4, -0.2) is 44.5 Å². The first-order valence-electron chi connectivity index (χ1n) is 8.90. The number of aromatic nitrogens is 4. The van der Waals surface area contributed by atoms with E-state index < -0.39 is 0 Å². The van der Waals surface area contributed by atoms with Crippen LogP contribution in [0.15, 0.2) is 18.2 Å². The quantitative estimate of drug-likeness (QED) is 0.578. The normalized spacial score (nSPS) is 22.1. The summed E-state index contributed by atoms with van der Waals surface area (Å²) in [5, 5.41) is 12.0. The summed E-state index contributed by atoms with van der Waals surface area (Å²) in [6.07, 6.45) is 1.12. The second-order valence-electron chi connectivity index (χ2n) is 7.07. The molecule has 0 radical (unpaired) electrons. The zero-order chi connectivity index (χ0) is 18.3. The fraction of sp³-hybridized carbons (Fsp3) is 0.556. The fourth-order valence-electron chi connectivity index (χ4n) is 3.39. The van der Waals surface area contributed by atoms with Crippen molar-refractivity contribution in [1.29, 1.82) is 0 Å². The van der Waals surface area contributed by atoms with E-state index in [-0.39, 0.29) is 23.8 Å². The third-order valence-corrected chi connectivity index (χ3v) is 4.71. The topological polar surface area (TPSA) is 91.7 Å². The number of epoxide rings is 1. The second kappa shape index (κ2) is 6.35. The lowest BCUT2D eigenvalue weighted by atomic mass is 9.93. The Hall–Kier alpha value is -2.48. The number of carbonyl (C=O) groups excluding carboxylic acids is 1. The standard InChI is InChI=1S/C18H22N4O4/c1-4-24-14(23)6-5-9-22-17(19-20-21-22)11-7-8-13-12(10-11)15-16(25-15)18(2,3)26-13/h7-8,10,15-16H,4-6,9H2,1-3H3/t15-,16-/m0/s1. The first kappa shape index (κ1) is 17.0. The van der Waals surface area contributed by atoms with Crippen molar-refractivity contribution >= 4 is 5.97 Å². The molecule has 8 nitrogen and oxygen atoms in total. The van der Waals surface area contributed by atoms with E-state index in [0.29, 0.717) is 31.8 Å². The maximum absolute atomic E-state index is 11.5. The van der Waals surface area contributed by atoms with Crippen molar-refractivity contribution in [1.82, 2.24) is 20.2 Å². The number of carbonyl (C=O) groups is 1. The number of esters is 1. The van der Waals surface area contributed by atoms with Gasteiger partial charge < -0.3 is 14.2 Å². The molecule has 0 aliphatic carbocycles. The molecule has 138 valence electrons. The fourth-order valence-corrected chi connectivity index (χ4v) is 3.39. The van der Waals surface area contributed by atoms with Gasteiger partial charge in [0.15, 0.2) is 5.82 Å². The minimum Gasteiger partial charge on any atom is -0.485 e. The monoisotopic (exact) mass is 358 g/mol. The molecule has 2 aromatic rings. The summed E-state index contributed by atoms with van der Waals surface area (Å²) in [4.78, 5) is 11.5. The van der Waals surface area contributed by atoms with Gasteiger partial charge in [0.05, 0.1) is 6.61 Å². The molecule has 0 unspecified atom stereocenters. The SMILES string of the molecule is CCOC(=O)CCCn1nnnc1-c1ccc2c(c1)[C@@H]1O[C@@H]1C(C)(C)O2. The summed E-state index contributed by atoms with van der Waals surface area (Å²) in [5.41, 5.74) is 1.63. The lowest BCUT2D eigenvalue weighted by Gasteiger charge is -2.29. The van der Waals surface area contributed by atoms with Crippen LogP contribution in [0.25, 0.3) is 11.4 Å². The molecule has 2 atom stereocenters. The summed E-state index contributed by atoms with van der Waals surface area (Å²) in [5.74, 6) is 1.31. The molecule has 2 aliphatic heterocycles. The van der Waals surface area contributed by atoms with E-state index in [1.54, 1.807) is 11.6 Å². The Kier molecular flexibility index (Phi) is 4.14. The number of rotatable bonds is 6. The highest BCUT2D eigenvalue weighted by atomic mass is 16.6. The third kappa shape index (κ3) is 3.05. The van der Waals surface area contributed by atoms with Gasteiger partial charge in [-0.3, -0.25) is 4.79 Å². The van der Waals surface area contributed by atoms with Gasteiger partial charge in [-0.25, -0.2) is 4.68 Å². The molecule has 0 saturated carbocycles. The predicted octanol–water partition coefficient (Wildman–Crippen LogP) is 2.29. The average Bonchev–Trinajstić information content (AvgIpc) is 3.29. The van der Waals surface area contributed by atoms with E-state index in [9.17, 15) is 4.79 Å². The molecule has 0 amide bonds. The highest BCUT2D eigenvalue weighted by Gasteiger charge is 2.56. The number of fused-ring (bicyclic) bond motifs is 3. The van der Waals surface area contributed by atoms with Crippen molar-refractivity contribution in [3.63, 3.8) is 0 Å². The van der Waals surface area contributed by atoms with Crippen molar-refractivity contribution in [3.8, 4) is 17.1 Å². The largest absolute Gasteiger partial charge is 0.485 e. The maximum Gasteiger partial charge on any atom is 0.305 e. The van der Waals surface area contributed by atoms with Gasteiger partial charge in [-0.1, -0.05) is 0 Å². The number of aryl methyl sites for hydroxylation is 1. The van der Waals surface area contributed by atoms with E-state index in [2.05, 4.69) is 15.5 Å². The van der Waals surface area contributed by atoms with Crippen LogP contribution in [0, 0.1) is 0 Å². The van der Waals surface area contributed by atoms with E-state index in [1.165, 1.54) is 0 Å². The van der Waals surface area contributed by atoms with Crippen LogP contribution in [0.5, 0.6) is 5.75 Å². The van der Waals surface area contributed by atoms with Gasteiger partial charge in [0.1, 0.15) is 23.6 Å². The van der Waals surface area contributed by atoms with Crippen molar-refractivity contribution in [2.24, 2.45) is 0 Å². The smallest absolute Gasteiger partial charge is 0.305 e. The van der Waals surface area contributed by atoms with Gasteiger partial charge in [-0.15, -0.1) is 5.10 Å². The molecule has 26 heavy (non-hydrogen) atoms. The summed E-state index contributed by atoms with van der Waals surface area (Å²) in [6, 6.07) is 5.93. The van der Waals surface area contributed by atoms with Gasteiger partial charge >= 0.3 is 5.97 Å². The van der Waals surface area contributed by atoms with Crippen LogP contribution in [0.1, 0.15) is 45.3 Å². The Bertz CT molecular complexity index is 832. The molecular weight excluding hydrogens is 336 g/mol. The molecule has 2 aliphatic rings. The van der Waals surface area contributed by atoms with E-state index in [0.717, 1.165) is 16.9 Å². The molecule has 1 saturated heterocycles. The number of hydrogen-bond acceptors (Lipinski definition) is 7. The zero-order valence-electron chi connectivity index (χ0n) is 15.1. The van der Waals surface area contributed by atoms with E-state index in [4.69, 9.17) is 14.2 Å². The van der Waals surface area contributed by atoms with Gasteiger partial charge in [-0.05, 0) is 55.8 Å². The maximum atomic E-state index is 11.5. The number of nitrogens with zero attached hydrogens (tertiary/aromatic N) is 4.